The Morgan fingerprint density at radius 3 is 2.48 bits per heavy atom. The van der Waals surface area contributed by atoms with Crippen molar-refractivity contribution in [3.8, 4) is 0 Å². The van der Waals surface area contributed by atoms with Crippen molar-refractivity contribution < 1.29 is 14.6 Å². The van der Waals surface area contributed by atoms with E-state index in [4.69, 9.17) is 4.74 Å². The second-order valence-electron chi connectivity index (χ2n) is 6.79. The molecular formula is C16H28N2O3. The molecule has 3 rings (SSSR count). The minimum Gasteiger partial charge on any atom is -0.392 e. The molecule has 5 nitrogen and oxygen atoms in total. The first kappa shape index (κ1) is 15.3. The number of aliphatic hydroxyl groups is 1. The Labute approximate surface area is 127 Å². The van der Waals surface area contributed by atoms with Crippen molar-refractivity contribution in [2.24, 2.45) is 5.41 Å². The highest BCUT2D eigenvalue weighted by Gasteiger charge is 2.56. The van der Waals surface area contributed by atoms with E-state index >= 15 is 0 Å². The predicted octanol–water partition coefficient (Wildman–Crippen LogP) is 0.861. The molecule has 3 fully saturated rings. The standard InChI is InChI=1S/C16H28N2O3/c1-2-21-14-11-13(19)16(14)5-9-17(10-6-16)12-15(20)18-7-3-4-8-18/h13-14,19H,2-12H2,1H3/t13-,14+/m1/s1. The molecule has 1 saturated carbocycles. The zero-order chi connectivity index (χ0) is 14.9. The van der Waals surface area contributed by atoms with Crippen LogP contribution in [0.1, 0.15) is 39.0 Å². The average Bonchev–Trinajstić information content (AvgIpc) is 3.02. The van der Waals surface area contributed by atoms with Gasteiger partial charge in [-0.05, 0) is 45.7 Å². The highest BCUT2D eigenvalue weighted by atomic mass is 16.5. The zero-order valence-electron chi connectivity index (χ0n) is 13.1. The van der Waals surface area contributed by atoms with E-state index in [1.54, 1.807) is 0 Å². The molecule has 5 heteroatoms. The largest absolute Gasteiger partial charge is 0.392 e. The first-order valence-corrected chi connectivity index (χ1v) is 8.45. The van der Waals surface area contributed by atoms with Gasteiger partial charge in [-0.25, -0.2) is 0 Å². The smallest absolute Gasteiger partial charge is 0.236 e. The van der Waals surface area contributed by atoms with Gasteiger partial charge in [0.05, 0.1) is 18.8 Å². The fourth-order valence-electron chi connectivity index (χ4n) is 4.20. The molecule has 0 unspecified atom stereocenters. The van der Waals surface area contributed by atoms with Crippen molar-refractivity contribution in [2.75, 3.05) is 39.3 Å². The number of piperidine rings is 1. The number of rotatable bonds is 4. The van der Waals surface area contributed by atoms with Crippen molar-refractivity contribution in [1.29, 1.82) is 0 Å². The Kier molecular flexibility index (Phi) is 4.52. The Morgan fingerprint density at radius 1 is 1.24 bits per heavy atom. The molecule has 1 spiro atoms. The zero-order valence-corrected chi connectivity index (χ0v) is 13.1. The molecular weight excluding hydrogens is 268 g/mol. The summed E-state index contributed by atoms with van der Waals surface area (Å²) in [6, 6.07) is 0. The van der Waals surface area contributed by atoms with Gasteiger partial charge in [-0.2, -0.15) is 0 Å². The van der Waals surface area contributed by atoms with Gasteiger partial charge in [0.25, 0.3) is 0 Å². The van der Waals surface area contributed by atoms with E-state index in [1.165, 1.54) is 0 Å². The summed E-state index contributed by atoms with van der Waals surface area (Å²) in [4.78, 5) is 16.4. The number of aliphatic hydroxyl groups excluding tert-OH is 1. The lowest BCUT2D eigenvalue weighted by Gasteiger charge is -2.56. The van der Waals surface area contributed by atoms with Gasteiger partial charge in [-0.15, -0.1) is 0 Å². The van der Waals surface area contributed by atoms with Crippen LogP contribution in [0.4, 0.5) is 0 Å². The highest BCUT2D eigenvalue weighted by Crippen LogP contribution is 2.50. The Morgan fingerprint density at radius 2 is 1.90 bits per heavy atom. The Hall–Kier alpha value is -0.650. The SMILES string of the molecule is CCO[C@H]1C[C@@H](O)C12CCN(CC(=O)N1CCCC1)CC2. The number of carbonyl (C=O) groups is 1. The van der Waals surface area contributed by atoms with Crippen LogP contribution in [-0.4, -0.2) is 72.4 Å². The highest BCUT2D eigenvalue weighted by molar-refractivity contribution is 5.78. The predicted molar refractivity (Wildman–Crippen MR) is 80.0 cm³/mol. The van der Waals surface area contributed by atoms with E-state index < -0.39 is 0 Å². The molecule has 120 valence electrons. The van der Waals surface area contributed by atoms with E-state index in [2.05, 4.69) is 4.90 Å². The first-order chi connectivity index (χ1) is 10.2. The summed E-state index contributed by atoms with van der Waals surface area (Å²) in [6.07, 6.45) is 4.98. The molecule has 2 aliphatic heterocycles. The maximum atomic E-state index is 12.2. The van der Waals surface area contributed by atoms with Crippen LogP contribution in [0.25, 0.3) is 0 Å². The molecule has 1 amide bonds. The fraction of sp³-hybridized carbons (Fsp3) is 0.938. The Bertz CT molecular complexity index is 372. The van der Waals surface area contributed by atoms with Gasteiger partial charge in [0.1, 0.15) is 0 Å². The van der Waals surface area contributed by atoms with Crippen molar-refractivity contribution in [3.05, 3.63) is 0 Å². The molecule has 2 heterocycles. The number of carbonyl (C=O) groups excluding carboxylic acids is 1. The molecule has 0 bridgehead atoms. The summed E-state index contributed by atoms with van der Waals surface area (Å²) in [7, 11) is 0. The van der Waals surface area contributed by atoms with Gasteiger partial charge in [-0.3, -0.25) is 9.69 Å². The maximum absolute atomic E-state index is 12.2. The summed E-state index contributed by atoms with van der Waals surface area (Å²) in [5.41, 5.74) is -0.0385. The summed E-state index contributed by atoms with van der Waals surface area (Å²) in [5, 5.41) is 10.2. The molecule has 1 aliphatic carbocycles. The van der Waals surface area contributed by atoms with E-state index in [1.807, 2.05) is 11.8 Å². The molecule has 2 saturated heterocycles. The van der Waals surface area contributed by atoms with Crippen LogP contribution in [0.5, 0.6) is 0 Å². The topological polar surface area (TPSA) is 53.0 Å². The average molecular weight is 296 g/mol. The van der Waals surface area contributed by atoms with E-state index in [0.29, 0.717) is 6.54 Å². The van der Waals surface area contributed by atoms with Gasteiger partial charge in [0.2, 0.25) is 5.91 Å². The van der Waals surface area contributed by atoms with Crippen LogP contribution in [0.15, 0.2) is 0 Å². The molecule has 2 atom stereocenters. The summed E-state index contributed by atoms with van der Waals surface area (Å²) >= 11 is 0. The van der Waals surface area contributed by atoms with Gasteiger partial charge in [0.15, 0.2) is 0 Å². The third kappa shape index (κ3) is 2.83. The minimum absolute atomic E-state index is 0.0385. The summed E-state index contributed by atoms with van der Waals surface area (Å²) in [6.45, 7) is 6.95. The van der Waals surface area contributed by atoms with Crippen LogP contribution in [0.3, 0.4) is 0 Å². The van der Waals surface area contributed by atoms with E-state index in [-0.39, 0.29) is 23.5 Å². The van der Waals surface area contributed by atoms with Gasteiger partial charge < -0.3 is 14.7 Å². The number of nitrogens with zero attached hydrogens (tertiary/aromatic N) is 2. The second kappa shape index (κ2) is 6.23. The van der Waals surface area contributed by atoms with Crippen molar-refractivity contribution >= 4 is 5.91 Å². The molecule has 0 aromatic rings. The number of hydrogen-bond acceptors (Lipinski definition) is 4. The van der Waals surface area contributed by atoms with Crippen molar-refractivity contribution in [2.45, 2.75) is 51.2 Å². The summed E-state index contributed by atoms with van der Waals surface area (Å²) < 4.78 is 5.79. The quantitative estimate of drug-likeness (QED) is 0.836. The lowest BCUT2D eigenvalue weighted by Crippen LogP contribution is -2.62. The summed E-state index contributed by atoms with van der Waals surface area (Å²) in [5.74, 6) is 0.277. The molecule has 1 N–H and O–H groups in total. The van der Waals surface area contributed by atoms with Crippen LogP contribution in [0, 0.1) is 5.41 Å². The minimum atomic E-state index is -0.217. The van der Waals surface area contributed by atoms with Crippen LogP contribution < -0.4 is 0 Å². The lowest BCUT2D eigenvalue weighted by molar-refractivity contribution is -0.209. The van der Waals surface area contributed by atoms with Crippen molar-refractivity contribution in [1.82, 2.24) is 9.80 Å². The Balaban J connectivity index is 1.49. The third-order valence-electron chi connectivity index (χ3n) is 5.71. The van der Waals surface area contributed by atoms with Gasteiger partial charge in [-0.1, -0.05) is 0 Å². The van der Waals surface area contributed by atoms with Crippen LogP contribution >= 0.6 is 0 Å². The molecule has 3 aliphatic rings. The lowest BCUT2D eigenvalue weighted by atomic mass is 9.58. The van der Waals surface area contributed by atoms with Crippen LogP contribution in [0.2, 0.25) is 0 Å². The molecule has 0 aromatic heterocycles. The van der Waals surface area contributed by atoms with Crippen molar-refractivity contribution in [3.63, 3.8) is 0 Å². The van der Waals surface area contributed by atoms with Gasteiger partial charge >= 0.3 is 0 Å². The third-order valence-corrected chi connectivity index (χ3v) is 5.71. The second-order valence-corrected chi connectivity index (χ2v) is 6.79. The fourth-order valence-corrected chi connectivity index (χ4v) is 4.20. The number of amides is 1. The maximum Gasteiger partial charge on any atom is 0.236 e. The monoisotopic (exact) mass is 296 g/mol. The number of likely N-dealkylation sites (tertiary alicyclic amines) is 2. The number of ether oxygens (including phenoxy) is 1. The van der Waals surface area contributed by atoms with E-state index in [0.717, 1.165) is 64.9 Å². The van der Waals surface area contributed by atoms with E-state index in [9.17, 15) is 9.90 Å². The van der Waals surface area contributed by atoms with Crippen LogP contribution in [-0.2, 0) is 9.53 Å². The molecule has 0 radical (unpaired) electrons. The molecule has 21 heavy (non-hydrogen) atoms. The van der Waals surface area contributed by atoms with Gasteiger partial charge in [0, 0.05) is 31.5 Å². The molecule has 0 aromatic carbocycles. The normalized spacial score (nSPS) is 32.4. The first-order valence-electron chi connectivity index (χ1n) is 8.45. The number of hydrogen-bond donors (Lipinski definition) is 1.